The summed E-state index contributed by atoms with van der Waals surface area (Å²) in [7, 11) is 3.13. The van der Waals surface area contributed by atoms with Crippen LogP contribution < -0.4 is 14.8 Å². The van der Waals surface area contributed by atoms with Crippen LogP contribution in [0.15, 0.2) is 36.4 Å². The van der Waals surface area contributed by atoms with Gasteiger partial charge in [-0.1, -0.05) is 29.5 Å². The topological polar surface area (TPSA) is 116 Å². The number of nitrogens with one attached hydrogen (secondary N) is 1. The summed E-state index contributed by atoms with van der Waals surface area (Å²) in [6, 6.07) is 10.1. The van der Waals surface area contributed by atoms with Crippen molar-refractivity contribution < 1.29 is 19.2 Å². The van der Waals surface area contributed by atoms with E-state index in [1.54, 1.807) is 39.3 Å². The van der Waals surface area contributed by atoms with E-state index in [1.165, 1.54) is 17.4 Å². The molecule has 2 aromatic carbocycles. The molecule has 0 saturated heterocycles. The zero-order valence-electron chi connectivity index (χ0n) is 16.0. The maximum atomic E-state index is 12.5. The monoisotopic (exact) mass is 414 g/mol. The van der Waals surface area contributed by atoms with Crippen LogP contribution in [0.2, 0.25) is 0 Å². The van der Waals surface area contributed by atoms with Crippen molar-refractivity contribution in [2.75, 3.05) is 19.5 Å². The number of amides is 1. The maximum Gasteiger partial charge on any atom is 0.285 e. The Hall–Kier alpha value is -3.53. The average Bonchev–Trinajstić information content (AvgIpc) is 3.13. The fraction of sp³-hybridized carbons (Fsp3) is 0.211. The van der Waals surface area contributed by atoms with Gasteiger partial charge in [-0.3, -0.25) is 20.2 Å². The third-order valence-electron chi connectivity index (χ3n) is 4.16. The molecule has 3 aromatic rings. The number of aromatic nitrogens is 2. The number of hydrogen-bond acceptors (Lipinski definition) is 8. The van der Waals surface area contributed by atoms with Gasteiger partial charge in [0.15, 0.2) is 11.5 Å². The maximum absolute atomic E-state index is 12.5. The Morgan fingerprint density at radius 3 is 2.62 bits per heavy atom. The molecule has 3 rings (SSSR count). The van der Waals surface area contributed by atoms with E-state index in [0.29, 0.717) is 28.5 Å². The molecule has 9 nitrogen and oxygen atoms in total. The lowest BCUT2D eigenvalue weighted by Crippen LogP contribution is -2.14. The molecule has 1 heterocycles. The summed E-state index contributed by atoms with van der Waals surface area (Å²) < 4.78 is 10.5. The number of benzene rings is 2. The van der Waals surface area contributed by atoms with Gasteiger partial charge in [-0.25, -0.2) is 0 Å². The molecular formula is C19H18N4O5S. The fourth-order valence-electron chi connectivity index (χ4n) is 2.79. The van der Waals surface area contributed by atoms with Gasteiger partial charge in [-0.05, 0) is 30.7 Å². The van der Waals surface area contributed by atoms with Gasteiger partial charge >= 0.3 is 0 Å². The molecule has 150 valence electrons. The standard InChI is InChI=1S/C19H18N4O5S/c1-11-5-4-6-13(17(11)23(25)26)18(24)20-19-22-21-16(29-19)10-12-7-8-14(27-2)15(9-12)28-3/h4-9H,10H2,1-3H3,(H,20,22,24). The highest BCUT2D eigenvalue weighted by Gasteiger charge is 2.23. The first kappa shape index (κ1) is 20.2. The molecule has 0 atom stereocenters. The van der Waals surface area contributed by atoms with Crippen molar-refractivity contribution in [3.05, 3.63) is 68.2 Å². The summed E-state index contributed by atoms with van der Waals surface area (Å²) in [6.07, 6.45) is 0.485. The van der Waals surface area contributed by atoms with Gasteiger partial charge in [0.2, 0.25) is 5.13 Å². The number of ether oxygens (including phenoxy) is 2. The zero-order valence-corrected chi connectivity index (χ0v) is 16.8. The first-order valence-corrected chi connectivity index (χ1v) is 9.33. The third-order valence-corrected chi connectivity index (χ3v) is 4.99. The van der Waals surface area contributed by atoms with E-state index < -0.39 is 10.8 Å². The van der Waals surface area contributed by atoms with Crippen LogP contribution >= 0.6 is 11.3 Å². The van der Waals surface area contributed by atoms with Crippen LogP contribution in [0.25, 0.3) is 0 Å². The van der Waals surface area contributed by atoms with Crippen molar-refractivity contribution in [3.8, 4) is 11.5 Å². The first-order chi connectivity index (χ1) is 13.9. The van der Waals surface area contributed by atoms with E-state index in [0.717, 1.165) is 5.56 Å². The molecular weight excluding hydrogens is 396 g/mol. The predicted octanol–water partition coefficient (Wildman–Crippen LogP) is 3.62. The molecule has 0 aliphatic heterocycles. The average molecular weight is 414 g/mol. The second-order valence-corrected chi connectivity index (χ2v) is 7.11. The SMILES string of the molecule is COc1ccc(Cc2nnc(NC(=O)c3cccc(C)c3[N+](=O)[O-])s2)cc1OC. The molecule has 1 amide bonds. The van der Waals surface area contributed by atoms with Crippen LogP contribution in [0.3, 0.4) is 0 Å². The predicted molar refractivity (Wildman–Crippen MR) is 108 cm³/mol. The molecule has 0 aliphatic rings. The van der Waals surface area contributed by atoms with E-state index in [4.69, 9.17) is 9.47 Å². The van der Waals surface area contributed by atoms with E-state index in [1.807, 2.05) is 12.1 Å². The van der Waals surface area contributed by atoms with Crippen molar-refractivity contribution in [2.45, 2.75) is 13.3 Å². The zero-order chi connectivity index (χ0) is 21.0. The Morgan fingerprint density at radius 2 is 1.93 bits per heavy atom. The highest BCUT2D eigenvalue weighted by Crippen LogP contribution is 2.29. The van der Waals surface area contributed by atoms with Crippen LogP contribution in [0.4, 0.5) is 10.8 Å². The Balaban J connectivity index is 1.75. The number of methoxy groups -OCH3 is 2. The Labute approximate surface area is 170 Å². The molecule has 0 bridgehead atoms. The first-order valence-electron chi connectivity index (χ1n) is 8.51. The molecule has 1 N–H and O–H groups in total. The number of para-hydroxylation sites is 1. The molecule has 0 radical (unpaired) electrons. The molecule has 10 heteroatoms. The number of nitro benzene ring substituents is 1. The minimum Gasteiger partial charge on any atom is -0.493 e. The Morgan fingerprint density at radius 1 is 1.17 bits per heavy atom. The normalized spacial score (nSPS) is 10.4. The number of hydrogen-bond donors (Lipinski definition) is 1. The minimum absolute atomic E-state index is 0.0216. The van der Waals surface area contributed by atoms with Crippen LogP contribution in [0, 0.1) is 17.0 Å². The molecule has 0 fully saturated rings. The third kappa shape index (κ3) is 4.49. The lowest BCUT2D eigenvalue weighted by molar-refractivity contribution is -0.385. The van der Waals surface area contributed by atoms with E-state index in [9.17, 15) is 14.9 Å². The van der Waals surface area contributed by atoms with Crippen molar-refractivity contribution in [1.82, 2.24) is 10.2 Å². The van der Waals surface area contributed by atoms with Crippen molar-refractivity contribution in [1.29, 1.82) is 0 Å². The Kier molecular flexibility index (Phi) is 6.03. The smallest absolute Gasteiger partial charge is 0.285 e. The number of anilines is 1. The minimum atomic E-state index is -0.603. The van der Waals surface area contributed by atoms with Gasteiger partial charge in [0.1, 0.15) is 10.6 Å². The van der Waals surface area contributed by atoms with Gasteiger partial charge in [0, 0.05) is 12.0 Å². The highest BCUT2D eigenvalue weighted by atomic mass is 32.1. The van der Waals surface area contributed by atoms with Gasteiger partial charge in [-0.15, -0.1) is 10.2 Å². The summed E-state index contributed by atoms with van der Waals surface area (Å²) in [4.78, 5) is 23.2. The van der Waals surface area contributed by atoms with Crippen LogP contribution in [-0.4, -0.2) is 35.2 Å². The van der Waals surface area contributed by atoms with E-state index >= 15 is 0 Å². The van der Waals surface area contributed by atoms with Gasteiger partial charge in [-0.2, -0.15) is 0 Å². The largest absolute Gasteiger partial charge is 0.493 e. The van der Waals surface area contributed by atoms with Crippen LogP contribution in [0.5, 0.6) is 11.5 Å². The molecule has 0 aliphatic carbocycles. The second-order valence-electron chi connectivity index (χ2n) is 6.05. The van der Waals surface area contributed by atoms with E-state index in [-0.39, 0.29) is 16.4 Å². The lowest BCUT2D eigenvalue weighted by atomic mass is 10.1. The highest BCUT2D eigenvalue weighted by molar-refractivity contribution is 7.15. The van der Waals surface area contributed by atoms with Gasteiger partial charge in [0.25, 0.3) is 11.6 Å². The summed E-state index contributed by atoms with van der Waals surface area (Å²) in [5, 5.41) is 22.8. The number of nitro groups is 1. The summed E-state index contributed by atoms with van der Waals surface area (Å²) in [6.45, 7) is 1.58. The Bertz CT molecular complexity index is 1070. The van der Waals surface area contributed by atoms with Crippen molar-refractivity contribution in [3.63, 3.8) is 0 Å². The number of rotatable bonds is 7. The number of carbonyl (C=O) groups excluding carboxylic acids is 1. The van der Waals surface area contributed by atoms with Gasteiger partial charge in [0.05, 0.1) is 19.1 Å². The summed E-state index contributed by atoms with van der Waals surface area (Å²) in [5.74, 6) is 0.630. The lowest BCUT2D eigenvalue weighted by Gasteiger charge is -2.08. The van der Waals surface area contributed by atoms with E-state index in [2.05, 4.69) is 15.5 Å². The second kappa shape index (κ2) is 8.65. The number of nitrogens with zero attached hydrogens (tertiary/aromatic N) is 3. The number of carbonyl (C=O) groups is 1. The summed E-state index contributed by atoms with van der Waals surface area (Å²) in [5.41, 5.74) is 1.10. The van der Waals surface area contributed by atoms with Gasteiger partial charge < -0.3 is 9.47 Å². The molecule has 0 spiro atoms. The quantitative estimate of drug-likeness (QED) is 0.463. The molecule has 29 heavy (non-hydrogen) atoms. The van der Waals surface area contributed by atoms with Crippen molar-refractivity contribution >= 4 is 28.1 Å². The number of aryl methyl sites for hydroxylation is 1. The molecule has 0 saturated carbocycles. The summed E-state index contributed by atoms with van der Waals surface area (Å²) >= 11 is 1.20. The van der Waals surface area contributed by atoms with Crippen LogP contribution in [0.1, 0.15) is 26.5 Å². The fourth-order valence-corrected chi connectivity index (χ4v) is 3.56. The molecule has 0 unspecified atom stereocenters. The van der Waals surface area contributed by atoms with Crippen molar-refractivity contribution in [2.24, 2.45) is 0 Å². The van der Waals surface area contributed by atoms with Crippen LogP contribution in [-0.2, 0) is 6.42 Å². The molecule has 1 aromatic heterocycles.